The lowest BCUT2D eigenvalue weighted by atomic mass is 9.94. The van der Waals surface area contributed by atoms with Crippen LogP contribution in [0, 0.1) is 10.8 Å². The third-order valence-electron chi connectivity index (χ3n) is 0.938. The van der Waals surface area contributed by atoms with Crippen LogP contribution in [0.5, 0.6) is 0 Å². The van der Waals surface area contributed by atoms with Crippen LogP contribution in [0.2, 0.25) is 0 Å². The Kier molecular flexibility index (Phi) is 1.97. The van der Waals surface area contributed by atoms with Crippen molar-refractivity contribution in [2.24, 2.45) is 10.8 Å². The standard InChI is InChI=1S/C12H22/c1-11(2,3)9-7-8-10-12(4,5)6/h7-10H,1-6H3/b9-7-,10-8-/i7T,8T,9T,10T. The molecule has 0 aliphatic rings. The van der Waals surface area contributed by atoms with Gasteiger partial charge in [-0.2, -0.15) is 0 Å². The minimum atomic E-state index is -0.457. The molecule has 0 aliphatic carbocycles. The molecule has 0 spiro atoms. The second kappa shape index (κ2) is 3.93. The fraction of sp³-hybridized carbons (Fsp3) is 0.667. The second-order valence-electron chi connectivity index (χ2n) is 5.00. The van der Waals surface area contributed by atoms with Crippen LogP contribution in [-0.4, -0.2) is 0 Å². The van der Waals surface area contributed by atoms with Crippen LogP contribution in [-0.2, 0) is 0 Å². The fourth-order valence-electron chi connectivity index (χ4n) is 0.438. The molecular formula is C12H22. The largest absolute Gasteiger partial charge is 0.0791 e. The van der Waals surface area contributed by atoms with Crippen LogP contribution in [0.3, 0.4) is 0 Å². The average Bonchev–Trinajstić information content (AvgIpc) is 2.10. The highest BCUT2D eigenvalue weighted by Crippen LogP contribution is 2.16. The molecule has 0 saturated heterocycles. The summed E-state index contributed by atoms with van der Waals surface area (Å²) in [6.07, 6.45) is 0. The highest BCUT2D eigenvalue weighted by atomic mass is 14.1. The van der Waals surface area contributed by atoms with Crippen LogP contribution in [0.4, 0.5) is 0 Å². The molecule has 0 fully saturated rings. The summed E-state index contributed by atoms with van der Waals surface area (Å²) in [4.78, 5) is 0. The van der Waals surface area contributed by atoms with E-state index in [9.17, 15) is 0 Å². The Bertz CT molecular complexity index is 290. The third kappa shape index (κ3) is 9.48. The molecule has 0 aliphatic heterocycles. The van der Waals surface area contributed by atoms with Gasteiger partial charge in [0, 0.05) is 0 Å². The van der Waals surface area contributed by atoms with Crippen LogP contribution in [0.15, 0.2) is 24.2 Å². The molecule has 0 aromatic heterocycles. The molecule has 0 amide bonds. The molecule has 0 rings (SSSR count). The summed E-state index contributed by atoms with van der Waals surface area (Å²) in [6, 6.07) is -0.0853. The Hall–Kier alpha value is -0.520. The highest BCUT2D eigenvalue weighted by molar-refractivity contribution is 5.08. The first kappa shape index (κ1) is 6.01. The monoisotopic (exact) mass is 174 g/mol. The summed E-state index contributed by atoms with van der Waals surface area (Å²) in [5.74, 6) is 0. The number of hydrogen-bond acceptors (Lipinski definition) is 0. The smallest absolute Gasteiger partial charge is 0.0619 e. The summed E-state index contributed by atoms with van der Waals surface area (Å²) in [5.41, 5.74) is -0.914. The second-order valence-corrected chi connectivity index (χ2v) is 5.00. The zero-order valence-corrected chi connectivity index (χ0v) is 9.00. The van der Waals surface area contributed by atoms with E-state index in [-0.39, 0.29) is 24.2 Å². The normalized spacial score (nSPS) is 22.8. The van der Waals surface area contributed by atoms with Crippen molar-refractivity contribution >= 4 is 0 Å². The maximum absolute atomic E-state index is 7.81. The van der Waals surface area contributed by atoms with Gasteiger partial charge in [-0.25, -0.2) is 0 Å². The lowest BCUT2D eigenvalue weighted by Gasteiger charge is -2.12. The molecule has 0 aromatic rings. The van der Waals surface area contributed by atoms with E-state index < -0.39 is 10.8 Å². The van der Waals surface area contributed by atoms with Gasteiger partial charge in [-0.1, -0.05) is 65.8 Å². The Morgan fingerprint density at radius 2 is 1.00 bits per heavy atom. The highest BCUT2D eigenvalue weighted by Gasteiger charge is 2.03. The van der Waals surface area contributed by atoms with E-state index in [2.05, 4.69) is 0 Å². The van der Waals surface area contributed by atoms with Gasteiger partial charge >= 0.3 is 0 Å². The van der Waals surface area contributed by atoms with Crippen LogP contribution in [0.25, 0.3) is 0 Å². The minimum absolute atomic E-state index is 0.103. The Labute approximate surface area is 83.0 Å². The first-order chi connectivity index (χ1) is 6.89. The molecule has 0 unspecified atom stereocenters. The molecule has 0 saturated carbocycles. The Morgan fingerprint density at radius 1 is 0.750 bits per heavy atom. The lowest BCUT2D eigenvalue weighted by Crippen LogP contribution is -1.99. The first-order valence-corrected chi connectivity index (χ1v) is 4.25. The van der Waals surface area contributed by atoms with E-state index in [1.54, 1.807) is 0 Å². The van der Waals surface area contributed by atoms with Crippen molar-refractivity contribution in [2.45, 2.75) is 41.5 Å². The van der Waals surface area contributed by atoms with Crippen LogP contribution < -0.4 is 0 Å². The summed E-state index contributed by atoms with van der Waals surface area (Å²) in [6.45, 7) is 11.0. The molecule has 0 aromatic carbocycles. The van der Waals surface area contributed by atoms with Gasteiger partial charge in [-0.3, -0.25) is 0 Å². The maximum atomic E-state index is 7.81. The molecule has 0 atom stereocenters. The van der Waals surface area contributed by atoms with Crippen molar-refractivity contribution in [3.8, 4) is 0 Å². The fourth-order valence-corrected chi connectivity index (χ4v) is 0.438. The molecule has 70 valence electrons. The average molecular weight is 174 g/mol. The number of hydrogen-bond donors (Lipinski definition) is 0. The molecular weight excluding hydrogens is 144 g/mol. The number of allylic oxidation sites excluding steroid dienone is 4. The molecule has 0 nitrogen and oxygen atoms in total. The van der Waals surface area contributed by atoms with E-state index in [4.69, 9.17) is 5.48 Å². The van der Waals surface area contributed by atoms with Crippen molar-refractivity contribution in [3.63, 3.8) is 0 Å². The summed E-state index contributed by atoms with van der Waals surface area (Å²) >= 11 is 0. The maximum Gasteiger partial charge on any atom is 0.0619 e. The minimum Gasteiger partial charge on any atom is -0.0791 e. The third-order valence-corrected chi connectivity index (χ3v) is 0.938. The van der Waals surface area contributed by atoms with Crippen molar-refractivity contribution in [1.29, 1.82) is 0 Å². The van der Waals surface area contributed by atoms with Crippen molar-refractivity contribution in [2.75, 3.05) is 0 Å². The van der Waals surface area contributed by atoms with Gasteiger partial charge in [-0.05, 0) is 10.8 Å². The van der Waals surface area contributed by atoms with Gasteiger partial charge in [0.2, 0.25) is 0 Å². The van der Waals surface area contributed by atoms with Crippen molar-refractivity contribution in [1.82, 2.24) is 0 Å². The summed E-state index contributed by atoms with van der Waals surface area (Å²) < 4.78 is 31.2. The zero-order valence-electron chi connectivity index (χ0n) is 13.0. The van der Waals surface area contributed by atoms with E-state index in [0.29, 0.717) is 0 Å². The van der Waals surface area contributed by atoms with Gasteiger partial charge in [0.25, 0.3) is 0 Å². The van der Waals surface area contributed by atoms with Crippen molar-refractivity contribution < 1.29 is 5.48 Å². The van der Waals surface area contributed by atoms with Crippen LogP contribution >= 0.6 is 0 Å². The predicted molar refractivity (Wildman–Crippen MR) is 57.2 cm³/mol. The summed E-state index contributed by atoms with van der Waals surface area (Å²) in [5, 5.41) is 0. The molecule has 0 bridgehead atoms. The van der Waals surface area contributed by atoms with Gasteiger partial charge in [0.1, 0.15) is 0 Å². The molecule has 0 radical (unpaired) electrons. The quantitative estimate of drug-likeness (QED) is 0.523. The van der Waals surface area contributed by atoms with E-state index in [1.807, 2.05) is 41.5 Å². The van der Waals surface area contributed by atoms with Crippen LogP contribution in [0.1, 0.15) is 47.0 Å². The zero-order chi connectivity index (χ0) is 13.3. The number of rotatable bonds is 1. The lowest BCUT2D eigenvalue weighted by molar-refractivity contribution is 0.539. The SMILES string of the molecule is [3H]C(/C([3H])=C(/[3H])C(C)(C)C)=C(\[3H])C(C)(C)C. The first-order valence-electron chi connectivity index (χ1n) is 6.25. The van der Waals surface area contributed by atoms with E-state index in [1.165, 1.54) is 0 Å². The van der Waals surface area contributed by atoms with E-state index >= 15 is 0 Å². The van der Waals surface area contributed by atoms with Crippen molar-refractivity contribution in [3.05, 3.63) is 24.2 Å². The predicted octanol–water partition coefficient (Wildman–Crippen LogP) is 4.19. The molecule has 0 N–H and O–H groups in total. The summed E-state index contributed by atoms with van der Waals surface area (Å²) in [7, 11) is 0. The van der Waals surface area contributed by atoms with Gasteiger partial charge in [0.15, 0.2) is 0 Å². The van der Waals surface area contributed by atoms with Gasteiger partial charge < -0.3 is 0 Å². The molecule has 12 heavy (non-hydrogen) atoms. The van der Waals surface area contributed by atoms with Gasteiger partial charge in [0.05, 0.1) is 5.48 Å². The Morgan fingerprint density at radius 3 is 1.17 bits per heavy atom. The van der Waals surface area contributed by atoms with Gasteiger partial charge in [-0.15, -0.1) is 0 Å². The van der Waals surface area contributed by atoms with E-state index in [0.717, 1.165) is 0 Å². The molecule has 0 heterocycles. The Balaban J connectivity index is 5.55. The topological polar surface area (TPSA) is 0 Å². The molecule has 0 heteroatoms.